The van der Waals surface area contributed by atoms with Crippen LogP contribution in [0.4, 0.5) is 0 Å². The Kier molecular flexibility index (Phi) is 3.19. The number of rotatable bonds is 3. The van der Waals surface area contributed by atoms with Crippen LogP contribution in [0.3, 0.4) is 0 Å². The fourth-order valence-corrected chi connectivity index (χ4v) is 1.63. The average molecular weight is 244 g/mol. The lowest BCUT2D eigenvalue weighted by molar-refractivity contribution is 0.0487. The van der Waals surface area contributed by atoms with E-state index in [1.807, 2.05) is 31.2 Å². The van der Waals surface area contributed by atoms with Gasteiger partial charge in [-0.15, -0.1) is 0 Å². The van der Waals surface area contributed by atoms with Crippen LogP contribution in [0.1, 0.15) is 24.2 Å². The molecule has 4 nitrogen and oxygen atoms in total. The zero-order valence-electron chi connectivity index (χ0n) is 10.8. The summed E-state index contributed by atoms with van der Waals surface area (Å²) >= 11 is 0. The van der Waals surface area contributed by atoms with Gasteiger partial charge in [0.05, 0.1) is 0 Å². The number of aryl methyl sites for hydroxylation is 1. The molecule has 0 radical (unpaired) electrons. The number of hydrogen-bond donors (Lipinski definition) is 0. The predicted octanol–water partition coefficient (Wildman–Crippen LogP) is 2.69. The molecule has 0 bridgehead atoms. The van der Waals surface area contributed by atoms with Crippen molar-refractivity contribution in [3.8, 4) is 5.75 Å². The van der Waals surface area contributed by atoms with Crippen molar-refractivity contribution in [2.24, 2.45) is 0 Å². The van der Waals surface area contributed by atoms with Crippen LogP contribution in [0.5, 0.6) is 5.75 Å². The Morgan fingerprint density at radius 2 is 1.94 bits per heavy atom. The van der Waals surface area contributed by atoms with Crippen LogP contribution in [0, 0.1) is 6.92 Å². The topological polar surface area (TPSA) is 44.1 Å². The van der Waals surface area contributed by atoms with Crippen molar-refractivity contribution >= 4 is 5.91 Å². The number of hydrogen-bond acceptors (Lipinski definition) is 3. The van der Waals surface area contributed by atoms with Crippen molar-refractivity contribution in [3.63, 3.8) is 0 Å². The molecule has 1 aromatic heterocycles. The molecular weight excluding hydrogens is 228 g/mol. The molecule has 0 aliphatic carbocycles. The van der Waals surface area contributed by atoms with Crippen molar-refractivity contribution in [2.75, 3.05) is 0 Å². The van der Waals surface area contributed by atoms with E-state index in [0.29, 0.717) is 5.75 Å². The third-order valence-electron chi connectivity index (χ3n) is 2.65. The van der Waals surface area contributed by atoms with E-state index in [-0.39, 0.29) is 5.91 Å². The molecule has 1 aromatic carbocycles. The molecule has 94 valence electrons. The monoisotopic (exact) mass is 244 g/mol. The summed E-state index contributed by atoms with van der Waals surface area (Å²) in [5.41, 5.74) is 0.219. The van der Waals surface area contributed by atoms with Crippen LogP contribution in [0.25, 0.3) is 0 Å². The molecule has 0 aliphatic rings. The number of nitrogens with zero attached hydrogens (tertiary/aromatic N) is 2. The zero-order chi connectivity index (χ0) is 13.2. The molecule has 2 aromatic rings. The number of imidazole rings is 1. The van der Waals surface area contributed by atoms with E-state index in [1.54, 1.807) is 26.2 Å². The van der Waals surface area contributed by atoms with Crippen molar-refractivity contribution in [3.05, 3.63) is 48.5 Å². The third kappa shape index (κ3) is 2.59. The minimum Gasteiger partial charge on any atom is -0.478 e. The Balaban J connectivity index is 2.16. The number of aromatic nitrogens is 2. The van der Waals surface area contributed by atoms with Crippen molar-refractivity contribution in [1.29, 1.82) is 0 Å². The molecule has 0 amide bonds. The van der Waals surface area contributed by atoms with Crippen molar-refractivity contribution in [1.82, 2.24) is 9.55 Å². The first kappa shape index (κ1) is 12.4. The Bertz CT molecular complexity index is 527. The Hall–Kier alpha value is -2.10. The molecule has 0 spiro atoms. The lowest BCUT2D eigenvalue weighted by atomic mass is 10.1. The quantitative estimate of drug-likeness (QED) is 0.833. The van der Waals surface area contributed by atoms with Gasteiger partial charge in [-0.1, -0.05) is 17.7 Å². The first-order valence-corrected chi connectivity index (χ1v) is 5.77. The van der Waals surface area contributed by atoms with Gasteiger partial charge in [-0.25, -0.2) is 4.98 Å². The normalized spacial score (nSPS) is 11.3. The van der Waals surface area contributed by atoms with E-state index in [1.165, 1.54) is 10.9 Å². The van der Waals surface area contributed by atoms with E-state index < -0.39 is 5.60 Å². The van der Waals surface area contributed by atoms with Gasteiger partial charge in [0.1, 0.15) is 12.1 Å². The van der Waals surface area contributed by atoms with E-state index in [9.17, 15) is 4.79 Å². The molecule has 0 saturated carbocycles. The fraction of sp³-hybridized carbons (Fsp3) is 0.286. The minimum absolute atomic E-state index is 0.152. The Labute approximate surface area is 106 Å². The van der Waals surface area contributed by atoms with Gasteiger partial charge in [0.25, 0.3) is 5.91 Å². The first-order chi connectivity index (χ1) is 8.49. The van der Waals surface area contributed by atoms with E-state index >= 15 is 0 Å². The molecule has 4 heteroatoms. The highest BCUT2D eigenvalue weighted by atomic mass is 16.5. The number of benzene rings is 1. The summed E-state index contributed by atoms with van der Waals surface area (Å²) in [7, 11) is 0. The maximum atomic E-state index is 12.2. The highest BCUT2D eigenvalue weighted by Crippen LogP contribution is 2.20. The molecule has 1 heterocycles. The van der Waals surface area contributed by atoms with Gasteiger partial charge in [-0.3, -0.25) is 9.36 Å². The summed E-state index contributed by atoms with van der Waals surface area (Å²) in [5, 5.41) is 0. The van der Waals surface area contributed by atoms with Crippen LogP contribution in [-0.4, -0.2) is 21.1 Å². The van der Waals surface area contributed by atoms with Gasteiger partial charge < -0.3 is 4.74 Å². The van der Waals surface area contributed by atoms with Gasteiger partial charge in [-0.2, -0.15) is 0 Å². The van der Waals surface area contributed by atoms with E-state index in [0.717, 1.165) is 5.56 Å². The molecule has 0 atom stereocenters. The molecular formula is C14H16N2O2. The van der Waals surface area contributed by atoms with Crippen LogP contribution < -0.4 is 4.74 Å². The Morgan fingerprint density at radius 3 is 2.50 bits per heavy atom. The molecule has 2 rings (SSSR count). The second-order valence-corrected chi connectivity index (χ2v) is 4.70. The van der Waals surface area contributed by atoms with Crippen LogP contribution >= 0.6 is 0 Å². The lowest BCUT2D eigenvalue weighted by Crippen LogP contribution is -2.41. The highest BCUT2D eigenvalue weighted by molar-refractivity contribution is 5.86. The van der Waals surface area contributed by atoms with Crippen LogP contribution in [-0.2, 0) is 0 Å². The molecule has 0 N–H and O–H groups in total. The third-order valence-corrected chi connectivity index (χ3v) is 2.65. The predicted molar refractivity (Wildman–Crippen MR) is 68.7 cm³/mol. The SMILES string of the molecule is Cc1ccc(OC(C)(C)C(=O)n2ccnc2)cc1. The largest absolute Gasteiger partial charge is 0.478 e. The molecule has 18 heavy (non-hydrogen) atoms. The second-order valence-electron chi connectivity index (χ2n) is 4.70. The summed E-state index contributed by atoms with van der Waals surface area (Å²) in [5.74, 6) is 0.527. The summed E-state index contributed by atoms with van der Waals surface area (Å²) in [6.45, 7) is 5.50. The fourth-order valence-electron chi connectivity index (χ4n) is 1.63. The zero-order valence-corrected chi connectivity index (χ0v) is 10.8. The summed E-state index contributed by atoms with van der Waals surface area (Å²) in [4.78, 5) is 16.1. The molecule has 0 fully saturated rings. The highest BCUT2D eigenvalue weighted by Gasteiger charge is 2.31. The first-order valence-electron chi connectivity index (χ1n) is 5.77. The van der Waals surface area contributed by atoms with Gasteiger partial charge >= 0.3 is 0 Å². The summed E-state index contributed by atoms with van der Waals surface area (Å²) < 4.78 is 7.17. The molecule has 0 unspecified atom stereocenters. The summed E-state index contributed by atoms with van der Waals surface area (Å²) in [6, 6.07) is 7.62. The standard InChI is InChI=1S/C14H16N2O2/c1-11-4-6-12(7-5-11)18-14(2,3)13(17)16-9-8-15-10-16/h4-10H,1-3H3. The van der Waals surface area contributed by atoms with Gasteiger partial charge in [-0.05, 0) is 32.9 Å². The molecule has 0 saturated heterocycles. The maximum Gasteiger partial charge on any atom is 0.275 e. The van der Waals surface area contributed by atoms with E-state index in [4.69, 9.17) is 4.74 Å². The lowest BCUT2D eigenvalue weighted by Gasteiger charge is -2.24. The number of carbonyl (C=O) groups is 1. The number of carbonyl (C=O) groups excluding carboxylic acids is 1. The van der Waals surface area contributed by atoms with Crippen molar-refractivity contribution in [2.45, 2.75) is 26.4 Å². The van der Waals surface area contributed by atoms with Crippen molar-refractivity contribution < 1.29 is 9.53 Å². The smallest absolute Gasteiger partial charge is 0.275 e. The van der Waals surface area contributed by atoms with Gasteiger partial charge in [0, 0.05) is 12.4 Å². The molecule has 0 aliphatic heterocycles. The van der Waals surface area contributed by atoms with E-state index in [2.05, 4.69) is 4.98 Å². The second kappa shape index (κ2) is 4.64. The number of ether oxygens (including phenoxy) is 1. The van der Waals surface area contributed by atoms with Crippen LogP contribution in [0.15, 0.2) is 43.0 Å². The van der Waals surface area contributed by atoms with Gasteiger partial charge in [0.2, 0.25) is 0 Å². The Morgan fingerprint density at radius 1 is 1.28 bits per heavy atom. The van der Waals surface area contributed by atoms with Gasteiger partial charge in [0.15, 0.2) is 5.60 Å². The minimum atomic E-state index is -0.935. The summed E-state index contributed by atoms with van der Waals surface area (Å²) in [6.07, 6.45) is 4.66. The average Bonchev–Trinajstić information content (AvgIpc) is 2.84. The maximum absolute atomic E-state index is 12.2. The van der Waals surface area contributed by atoms with Crippen LogP contribution in [0.2, 0.25) is 0 Å².